The Morgan fingerprint density at radius 3 is 2.48 bits per heavy atom. The number of carbonyl (C=O) groups excluding carboxylic acids is 1. The molecule has 0 aliphatic rings. The second-order valence-electron chi connectivity index (χ2n) is 5.66. The van der Waals surface area contributed by atoms with Crippen molar-refractivity contribution in [3.63, 3.8) is 0 Å². The summed E-state index contributed by atoms with van der Waals surface area (Å²) in [5.74, 6) is -0.270. The predicted octanol–water partition coefficient (Wildman–Crippen LogP) is 3.38. The average Bonchev–Trinajstić information content (AvgIpc) is 2.94. The number of amides is 1. The lowest BCUT2D eigenvalue weighted by atomic mass is 10.2. The number of hydrogen-bond acceptors (Lipinski definition) is 5. The van der Waals surface area contributed by atoms with Gasteiger partial charge >= 0.3 is 0 Å². The van der Waals surface area contributed by atoms with Crippen molar-refractivity contribution in [2.75, 3.05) is 11.1 Å². The van der Waals surface area contributed by atoms with Crippen LogP contribution in [0.5, 0.6) is 0 Å². The smallest absolute Gasteiger partial charge is 0.227 e. The van der Waals surface area contributed by atoms with Crippen LogP contribution in [-0.4, -0.2) is 25.1 Å². The molecule has 0 saturated heterocycles. The molecular formula is C16H20N2O3S2. The van der Waals surface area contributed by atoms with Gasteiger partial charge in [0, 0.05) is 11.8 Å². The van der Waals surface area contributed by atoms with Gasteiger partial charge in [-0.1, -0.05) is 31.5 Å². The largest absolute Gasteiger partial charge is 0.302 e. The molecule has 7 heteroatoms. The minimum absolute atomic E-state index is 0.0905. The molecule has 5 nitrogen and oxygen atoms in total. The van der Waals surface area contributed by atoms with E-state index in [2.05, 4.69) is 10.3 Å². The molecule has 0 fully saturated rings. The molecule has 0 aliphatic heterocycles. The van der Waals surface area contributed by atoms with Gasteiger partial charge in [0.15, 0.2) is 15.0 Å². The maximum Gasteiger partial charge on any atom is 0.227 e. The van der Waals surface area contributed by atoms with Gasteiger partial charge in [0.05, 0.1) is 16.3 Å². The Labute approximate surface area is 140 Å². The number of nitrogens with one attached hydrogen (secondary N) is 1. The fraction of sp³-hybridized carbons (Fsp3) is 0.375. The van der Waals surface area contributed by atoms with Crippen molar-refractivity contribution >= 4 is 32.2 Å². The lowest BCUT2D eigenvalue weighted by Crippen LogP contribution is -2.17. The summed E-state index contributed by atoms with van der Waals surface area (Å²) in [5.41, 5.74) is 1.91. The maximum atomic E-state index is 12.2. The van der Waals surface area contributed by atoms with Crippen molar-refractivity contribution in [2.24, 2.45) is 0 Å². The Morgan fingerprint density at radius 2 is 1.91 bits per heavy atom. The standard InChI is InChI=1S/C16H20N2O3S2/c1-11(2)14-10-22-16(17-14)18-15(19)8-9-23(20,21)13-6-4-12(3)5-7-13/h4-7,10-11H,8-9H2,1-3H3,(H,17,18,19). The van der Waals surface area contributed by atoms with Gasteiger partial charge in [-0.15, -0.1) is 11.3 Å². The summed E-state index contributed by atoms with van der Waals surface area (Å²) in [5, 5.41) is 5.05. The number of thiazole rings is 1. The zero-order valence-electron chi connectivity index (χ0n) is 13.4. The van der Waals surface area contributed by atoms with Crippen molar-refractivity contribution in [1.82, 2.24) is 4.98 Å². The molecule has 1 aromatic heterocycles. The number of aryl methyl sites for hydroxylation is 1. The monoisotopic (exact) mass is 352 g/mol. The van der Waals surface area contributed by atoms with Crippen molar-refractivity contribution < 1.29 is 13.2 Å². The number of nitrogens with zero attached hydrogens (tertiary/aromatic N) is 1. The summed E-state index contributed by atoms with van der Waals surface area (Å²) in [7, 11) is -3.45. The van der Waals surface area contributed by atoms with Gasteiger partial charge in [0.25, 0.3) is 0 Å². The zero-order valence-corrected chi connectivity index (χ0v) is 15.0. The van der Waals surface area contributed by atoms with E-state index in [1.165, 1.54) is 11.3 Å². The topological polar surface area (TPSA) is 76.1 Å². The van der Waals surface area contributed by atoms with E-state index in [1.807, 2.05) is 26.2 Å². The van der Waals surface area contributed by atoms with Crippen molar-refractivity contribution in [1.29, 1.82) is 0 Å². The number of carbonyl (C=O) groups is 1. The van der Waals surface area contributed by atoms with E-state index in [9.17, 15) is 13.2 Å². The van der Waals surface area contributed by atoms with Crippen LogP contribution in [0.2, 0.25) is 0 Å². The van der Waals surface area contributed by atoms with E-state index in [-0.39, 0.29) is 23.0 Å². The average molecular weight is 352 g/mol. The van der Waals surface area contributed by atoms with Crippen LogP contribution in [0.1, 0.15) is 37.4 Å². The van der Waals surface area contributed by atoms with Crippen LogP contribution < -0.4 is 5.32 Å². The molecule has 0 spiro atoms. The van der Waals surface area contributed by atoms with Gasteiger partial charge in [0.1, 0.15) is 0 Å². The molecule has 23 heavy (non-hydrogen) atoms. The molecule has 1 aromatic carbocycles. The second-order valence-corrected chi connectivity index (χ2v) is 8.63. The molecule has 0 atom stereocenters. The van der Waals surface area contributed by atoms with Gasteiger partial charge < -0.3 is 5.32 Å². The van der Waals surface area contributed by atoms with E-state index < -0.39 is 9.84 Å². The molecule has 1 N–H and O–H groups in total. The first-order chi connectivity index (χ1) is 10.8. The van der Waals surface area contributed by atoms with Crippen LogP contribution in [0, 0.1) is 6.92 Å². The van der Waals surface area contributed by atoms with E-state index in [0.717, 1.165) is 11.3 Å². The SMILES string of the molecule is Cc1ccc(S(=O)(=O)CCC(=O)Nc2nc(C(C)C)cs2)cc1. The first-order valence-corrected chi connectivity index (χ1v) is 9.86. The molecular weight excluding hydrogens is 332 g/mol. The number of hydrogen-bond donors (Lipinski definition) is 1. The zero-order chi connectivity index (χ0) is 17.0. The number of aromatic nitrogens is 1. The van der Waals surface area contributed by atoms with E-state index >= 15 is 0 Å². The van der Waals surface area contributed by atoms with E-state index in [1.54, 1.807) is 24.3 Å². The molecule has 0 aliphatic carbocycles. The van der Waals surface area contributed by atoms with E-state index in [0.29, 0.717) is 11.0 Å². The van der Waals surface area contributed by atoms with Crippen LogP contribution in [0.25, 0.3) is 0 Å². The van der Waals surface area contributed by atoms with Gasteiger partial charge in [-0.2, -0.15) is 0 Å². The maximum absolute atomic E-state index is 12.2. The highest BCUT2D eigenvalue weighted by Crippen LogP contribution is 2.21. The summed E-state index contributed by atoms with van der Waals surface area (Å²) >= 11 is 1.35. The molecule has 0 radical (unpaired) electrons. The van der Waals surface area contributed by atoms with Gasteiger partial charge in [0.2, 0.25) is 5.91 Å². The normalized spacial score (nSPS) is 11.7. The quantitative estimate of drug-likeness (QED) is 0.865. The third-order valence-electron chi connectivity index (χ3n) is 3.34. The van der Waals surface area contributed by atoms with E-state index in [4.69, 9.17) is 0 Å². The molecule has 0 unspecified atom stereocenters. The first kappa shape index (κ1) is 17.6. The summed E-state index contributed by atoms with van der Waals surface area (Å²) in [4.78, 5) is 16.5. The summed E-state index contributed by atoms with van der Waals surface area (Å²) in [6.45, 7) is 5.94. The molecule has 124 valence electrons. The van der Waals surface area contributed by atoms with Gasteiger partial charge in [-0.3, -0.25) is 4.79 Å². The van der Waals surface area contributed by atoms with Crippen LogP contribution >= 0.6 is 11.3 Å². The highest BCUT2D eigenvalue weighted by molar-refractivity contribution is 7.91. The number of anilines is 1. The molecule has 0 bridgehead atoms. The molecule has 2 aromatic rings. The van der Waals surface area contributed by atoms with Crippen molar-refractivity contribution in [3.8, 4) is 0 Å². The Bertz CT molecular complexity index is 778. The molecule has 2 rings (SSSR count). The molecule has 1 amide bonds. The second kappa shape index (κ2) is 7.23. The lowest BCUT2D eigenvalue weighted by molar-refractivity contribution is -0.115. The first-order valence-electron chi connectivity index (χ1n) is 7.32. The summed E-state index contributed by atoms with van der Waals surface area (Å²) < 4.78 is 24.4. The van der Waals surface area contributed by atoms with Gasteiger partial charge in [-0.25, -0.2) is 13.4 Å². The fourth-order valence-corrected chi connectivity index (χ4v) is 4.01. The lowest BCUT2D eigenvalue weighted by Gasteiger charge is -2.05. The fourth-order valence-electron chi connectivity index (χ4n) is 1.88. The Balaban J connectivity index is 1.94. The van der Waals surface area contributed by atoms with Crippen LogP contribution in [0.3, 0.4) is 0 Å². The number of sulfone groups is 1. The third kappa shape index (κ3) is 4.87. The van der Waals surface area contributed by atoms with Crippen molar-refractivity contribution in [3.05, 3.63) is 40.9 Å². The molecule has 1 heterocycles. The highest BCUT2D eigenvalue weighted by atomic mass is 32.2. The number of rotatable bonds is 6. The predicted molar refractivity (Wildman–Crippen MR) is 92.7 cm³/mol. The molecule has 0 saturated carbocycles. The minimum atomic E-state index is -3.45. The Kier molecular flexibility index (Phi) is 5.54. The third-order valence-corrected chi connectivity index (χ3v) is 5.85. The highest BCUT2D eigenvalue weighted by Gasteiger charge is 2.17. The Hall–Kier alpha value is -1.73. The minimum Gasteiger partial charge on any atom is -0.302 e. The van der Waals surface area contributed by atoms with Crippen LogP contribution in [0.4, 0.5) is 5.13 Å². The number of benzene rings is 1. The summed E-state index contributed by atoms with van der Waals surface area (Å²) in [6.07, 6.45) is -0.0905. The van der Waals surface area contributed by atoms with Crippen LogP contribution in [0.15, 0.2) is 34.5 Å². The van der Waals surface area contributed by atoms with Crippen molar-refractivity contribution in [2.45, 2.75) is 38.0 Å². The Morgan fingerprint density at radius 1 is 1.26 bits per heavy atom. The van der Waals surface area contributed by atoms with Crippen LogP contribution in [-0.2, 0) is 14.6 Å². The van der Waals surface area contributed by atoms with Gasteiger partial charge in [-0.05, 0) is 25.0 Å². The summed E-state index contributed by atoms with van der Waals surface area (Å²) in [6, 6.07) is 6.63.